The molecule has 1 heterocycles. The van der Waals surface area contributed by atoms with Crippen molar-refractivity contribution in [1.82, 2.24) is 0 Å². The van der Waals surface area contributed by atoms with E-state index < -0.39 is 0 Å². The molecule has 1 aromatic rings. The van der Waals surface area contributed by atoms with Crippen LogP contribution in [0.25, 0.3) is 0 Å². The second-order valence-electron chi connectivity index (χ2n) is 2.42. The summed E-state index contributed by atoms with van der Waals surface area (Å²) >= 11 is 0. The predicted molar refractivity (Wildman–Crippen MR) is 38.4 cm³/mol. The van der Waals surface area contributed by atoms with Crippen molar-refractivity contribution in [1.29, 1.82) is 0 Å². The fourth-order valence-electron chi connectivity index (χ4n) is 1.12. The molecule has 3 heteroatoms. The molecular weight excluding hydrogens is 144 g/mol. The quantitative estimate of drug-likeness (QED) is 0.569. The first-order chi connectivity index (χ1) is 5.38. The maximum atomic E-state index is 9.25. The number of aromatic hydroxyl groups is 1. The van der Waals surface area contributed by atoms with Crippen LogP contribution in [0.15, 0.2) is 18.2 Å². The second kappa shape index (κ2) is 2.43. The third kappa shape index (κ3) is 1.03. The highest BCUT2D eigenvalue weighted by molar-refractivity contribution is 5.45. The number of rotatable bonds is 0. The van der Waals surface area contributed by atoms with Gasteiger partial charge >= 0.3 is 0 Å². The van der Waals surface area contributed by atoms with Gasteiger partial charge in [-0.05, 0) is 6.07 Å². The van der Waals surface area contributed by atoms with Crippen molar-refractivity contribution < 1.29 is 14.9 Å². The molecule has 1 aliphatic rings. The van der Waals surface area contributed by atoms with Gasteiger partial charge in [0.2, 0.25) is 5.75 Å². The summed E-state index contributed by atoms with van der Waals surface area (Å²) in [5.41, 5.74) is 0.997. The zero-order valence-electron chi connectivity index (χ0n) is 5.91. The van der Waals surface area contributed by atoms with Gasteiger partial charge < -0.3 is 9.99 Å². The maximum absolute atomic E-state index is 9.25. The Kier molecular flexibility index (Phi) is 1.43. The molecule has 58 valence electrons. The zero-order valence-corrected chi connectivity index (χ0v) is 5.91. The number of para-hydroxylation sites is 1. The van der Waals surface area contributed by atoms with E-state index in [4.69, 9.17) is 9.78 Å². The minimum Gasteiger partial charge on any atom is -0.504 e. The van der Waals surface area contributed by atoms with Crippen molar-refractivity contribution in [3.05, 3.63) is 23.8 Å². The van der Waals surface area contributed by atoms with Crippen LogP contribution in [-0.2, 0) is 11.3 Å². The van der Waals surface area contributed by atoms with E-state index in [0.29, 0.717) is 12.4 Å². The van der Waals surface area contributed by atoms with Crippen LogP contribution in [0, 0.1) is 0 Å². The molecule has 0 fully saturated rings. The molecule has 2 rings (SSSR count). The fraction of sp³-hybridized carbons (Fsp3) is 0.250. The average Bonchev–Trinajstić information content (AvgIpc) is 2.06. The molecule has 0 aliphatic carbocycles. The molecule has 1 N–H and O–H groups in total. The van der Waals surface area contributed by atoms with E-state index in [1.807, 2.05) is 6.07 Å². The number of fused-ring (bicyclic) bond motifs is 1. The topological polar surface area (TPSA) is 38.7 Å². The average molecular weight is 152 g/mol. The van der Waals surface area contributed by atoms with Crippen LogP contribution >= 0.6 is 0 Å². The third-order valence-corrected chi connectivity index (χ3v) is 1.67. The Morgan fingerprint density at radius 2 is 2.27 bits per heavy atom. The van der Waals surface area contributed by atoms with Gasteiger partial charge in [-0.3, -0.25) is 0 Å². The van der Waals surface area contributed by atoms with E-state index in [-0.39, 0.29) is 5.75 Å². The fourth-order valence-corrected chi connectivity index (χ4v) is 1.12. The Morgan fingerprint density at radius 3 is 3.09 bits per heavy atom. The monoisotopic (exact) mass is 152 g/mol. The van der Waals surface area contributed by atoms with Crippen LogP contribution in [0.2, 0.25) is 0 Å². The Bertz CT molecular complexity index is 270. The minimum atomic E-state index is 0.141. The number of phenolic OH excluding ortho intramolecular Hbond substituents is 1. The normalized spacial score (nSPS) is 15.3. The van der Waals surface area contributed by atoms with Crippen LogP contribution in [0.5, 0.6) is 11.5 Å². The summed E-state index contributed by atoms with van der Waals surface area (Å²) in [5.74, 6) is 0.598. The lowest BCUT2D eigenvalue weighted by molar-refractivity contribution is -0.216. The van der Waals surface area contributed by atoms with Gasteiger partial charge in [0.05, 0.1) is 6.61 Å². The molecule has 0 radical (unpaired) electrons. The number of hydrogen-bond acceptors (Lipinski definition) is 3. The molecule has 0 atom stereocenters. The Labute approximate surface area is 64.1 Å². The van der Waals surface area contributed by atoms with Crippen molar-refractivity contribution in [2.45, 2.75) is 6.42 Å². The largest absolute Gasteiger partial charge is 0.504 e. The van der Waals surface area contributed by atoms with Gasteiger partial charge in [0.25, 0.3) is 0 Å². The summed E-state index contributed by atoms with van der Waals surface area (Å²) in [6.45, 7) is 0.552. The lowest BCUT2D eigenvalue weighted by atomic mass is 10.1. The van der Waals surface area contributed by atoms with Gasteiger partial charge in [-0.25, -0.2) is 0 Å². The van der Waals surface area contributed by atoms with Gasteiger partial charge in [0.1, 0.15) is 0 Å². The van der Waals surface area contributed by atoms with Crippen LogP contribution in [-0.4, -0.2) is 11.7 Å². The van der Waals surface area contributed by atoms with Gasteiger partial charge in [-0.2, -0.15) is 4.89 Å². The Hall–Kier alpha value is -1.22. The van der Waals surface area contributed by atoms with E-state index in [1.54, 1.807) is 12.1 Å². The van der Waals surface area contributed by atoms with Gasteiger partial charge in [0, 0.05) is 12.0 Å². The van der Waals surface area contributed by atoms with Crippen molar-refractivity contribution >= 4 is 0 Å². The molecule has 1 aromatic carbocycles. The molecule has 0 spiro atoms. The lowest BCUT2D eigenvalue weighted by Gasteiger charge is -2.15. The third-order valence-electron chi connectivity index (χ3n) is 1.67. The molecule has 3 nitrogen and oxygen atoms in total. The highest BCUT2D eigenvalue weighted by atomic mass is 17.2. The Balaban J connectivity index is 2.49. The SMILES string of the molecule is Oc1cccc2c1OOCC2. The summed E-state index contributed by atoms with van der Waals surface area (Å²) in [7, 11) is 0. The van der Waals surface area contributed by atoms with Crippen LogP contribution in [0.4, 0.5) is 0 Å². The van der Waals surface area contributed by atoms with E-state index in [9.17, 15) is 5.11 Å². The van der Waals surface area contributed by atoms with Gasteiger partial charge in [0.15, 0.2) is 5.75 Å². The van der Waals surface area contributed by atoms with E-state index in [0.717, 1.165) is 12.0 Å². The van der Waals surface area contributed by atoms with E-state index in [2.05, 4.69) is 0 Å². The summed E-state index contributed by atoms with van der Waals surface area (Å²) in [5, 5.41) is 9.25. The lowest BCUT2D eigenvalue weighted by Crippen LogP contribution is -2.10. The predicted octanol–water partition coefficient (Wildman–Crippen LogP) is 1.26. The van der Waals surface area contributed by atoms with Crippen LogP contribution in [0.3, 0.4) is 0 Å². The number of hydrogen-bond donors (Lipinski definition) is 1. The highest BCUT2D eigenvalue weighted by Gasteiger charge is 2.14. The molecule has 0 saturated heterocycles. The molecule has 0 amide bonds. The molecule has 0 aromatic heterocycles. The molecule has 1 aliphatic heterocycles. The first-order valence-corrected chi connectivity index (χ1v) is 3.48. The Morgan fingerprint density at radius 1 is 1.36 bits per heavy atom. The van der Waals surface area contributed by atoms with Gasteiger partial charge in [-0.15, -0.1) is 0 Å². The maximum Gasteiger partial charge on any atom is 0.210 e. The zero-order chi connectivity index (χ0) is 7.68. The first-order valence-electron chi connectivity index (χ1n) is 3.48. The molecular formula is C8H8O3. The van der Waals surface area contributed by atoms with Crippen molar-refractivity contribution in [3.63, 3.8) is 0 Å². The molecule has 11 heavy (non-hydrogen) atoms. The van der Waals surface area contributed by atoms with E-state index in [1.165, 1.54) is 0 Å². The molecule has 0 bridgehead atoms. The minimum absolute atomic E-state index is 0.141. The van der Waals surface area contributed by atoms with Gasteiger partial charge in [-0.1, -0.05) is 12.1 Å². The summed E-state index contributed by atoms with van der Waals surface area (Å²) in [4.78, 5) is 9.52. The number of phenols is 1. The molecule has 0 saturated carbocycles. The standard InChI is InChI=1S/C8H8O3/c9-7-3-1-2-6-4-5-10-11-8(6)7/h1-3,9H,4-5H2. The molecule has 0 unspecified atom stereocenters. The van der Waals surface area contributed by atoms with Crippen molar-refractivity contribution in [2.75, 3.05) is 6.61 Å². The number of benzene rings is 1. The summed E-state index contributed by atoms with van der Waals surface area (Å²) in [6, 6.07) is 5.29. The second-order valence-corrected chi connectivity index (χ2v) is 2.42. The summed E-state index contributed by atoms with van der Waals surface area (Å²) < 4.78 is 0. The van der Waals surface area contributed by atoms with Crippen molar-refractivity contribution in [2.24, 2.45) is 0 Å². The first kappa shape index (κ1) is 6.49. The smallest absolute Gasteiger partial charge is 0.210 e. The van der Waals surface area contributed by atoms with Crippen molar-refractivity contribution in [3.8, 4) is 11.5 Å². The summed E-state index contributed by atoms with van der Waals surface area (Å²) in [6.07, 6.45) is 0.795. The van der Waals surface area contributed by atoms with E-state index >= 15 is 0 Å². The van der Waals surface area contributed by atoms with Crippen LogP contribution in [0.1, 0.15) is 5.56 Å². The van der Waals surface area contributed by atoms with Crippen LogP contribution < -0.4 is 4.89 Å². The highest BCUT2D eigenvalue weighted by Crippen LogP contribution is 2.32.